The lowest BCUT2D eigenvalue weighted by atomic mass is 10.1. The van der Waals surface area contributed by atoms with E-state index in [0.717, 1.165) is 23.4 Å². The molecule has 0 spiro atoms. The summed E-state index contributed by atoms with van der Waals surface area (Å²) in [5.41, 5.74) is 2.93. The highest BCUT2D eigenvalue weighted by Gasteiger charge is 2.04. The molecular weight excluding hydrogens is 218 g/mol. The number of unbranched alkanes of at least 4 members (excludes halogenated alkanes) is 1. The van der Waals surface area contributed by atoms with Gasteiger partial charge in [-0.1, -0.05) is 6.07 Å². The lowest BCUT2D eigenvalue weighted by Crippen LogP contribution is -2.03. The van der Waals surface area contributed by atoms with Crippen molar-refractivity contribution in [1.82, 2.24) is 0 Å². The SMILES string of the molecule is CSCCCCNc1ccc(C)c(O)c1C. The summed E-state index contributed by atoms with van der Waals surface area (Å²) in [6.45, 7) is 4.85. The molecule has 0 saturated carbocycles. The number of hydrogen-bond donors (Lipinski definition) is 2. The molecule has 0 atom stereocenters. The average Bonchev–Trinajstić information content (AvgIpc) is 2.28. The van der Waals surface area contributed by atoms with E-state index in [1.165, 1.54) is 18.6 Å². The number of nitrogens with one attached hydrogen (secondary N) is 1. The first-order valence-corrected chi connectivity index (χ1v) is 7.08. The van der Waals surface area contributed by atoms with Gasteiger partial charge in [0, 0.05) is 17.8 Å². The van der Waals surface area contributed by atoms with Gasteiger partial charge < -0.3 is 10.4 Å². The number of hydrogen-bond acceptors (Lipinski definition) is 3. The van der Waals surface area contributed by atoms with Crippen LogP contribution in [-0.2, 0) is 0 Å². The molecule has 0 bridgehead atoms. The Bertz CT molecular complexity index is 339. The minimum atomic E-state index is 0.411. The third kappa shape index (κ3) is 3.63. The normalized spacial score (nSPS) is 10.4. The second-order valence-corrected chi connectivity index (χ2v) is 5.02. The predicted octanol–water partition coefficient (Wildman–Crippen LogP) is 3.56. The van der Waals surface area contributed by atoms with Crippen LogP contribution < -0.4 is 5.32 Å². The van der Waals surface area contributed by atoms with Gasteiger partial charge in [-0.25, -0.2) is 0 Å². The van der Waals surface area contributed by atoms with Crippen LogP contribution in [0.1, 0.15) is 24.0 Å². The molecule has 0 amide bonds. The van der Waals surface area contributed by atoms with Crippen molar-refractivity contribution in [3.63, 3.8) is 0 Å². The van der Waals surface area contributed by atoms with Crippen molar-refractivity contribution >= 4 is 17.4 Å². The first-order chi connectivity index (χ1) is 7.66. The van der Waals surface area contributed by atoms with Crippen molar-refractivity contribution < 1.29 is 5.11 Å². The summed E-state index contributed by atoms with van der Waals surface area (Å²) in [6.07, 6.45) is 4.55. The number of rotatable bonds is 6. The molecule has 1 rings (SSSR count). The fraction of sp³-hybridized carbons (Fsp3) is 0.538. The van der Waals surface area contributed by atoms with Crippen molar-refractivity contribution in [3.05, 3.63) is 23.3 Å². The van der Waals surface area contributed by atoms with E-state index in [4.69, 9.17) is 0 Å². The zero-order chi connectivity index (χ0) is 12.0. The van der Waals surface area contributed by atoms with E-state index >= 15 is 0 Å². The van der Waals surface area contributed by atoms with E-state index in [9.17, 15) is 5.11 Å². The standard InChI is InChI=1S/C13H21NOS/c1-10-6-7-12(11(2)13(10)15)14-8-4-5-9-16-3/h6-7,14-15H,4-5,8-9H2,1-3H3. The first kappa shape index (κ1) is 13.2. The second-order valence-electron chi connectivity index (χ2n) is 4.03. The fourth-order valence-corrected chi connectivity index (χ4v) is 2.11. The Morgan fingerprint density at radius 1 is 1.25 bits per heavy atom. The molecule has 90 valence electrons. The van der Waals surface area contributed by atoms with Gasteiger partial charge in [-0.2, -0.15) is 11.8 Å². The highest BCUT2D eigenvalue weighted by molar-refractivity contribution is 7.98. The van der Waals surface area contributed by atoms with Gasteiger partial charge in [-0.15, -0.1) is 0 Å². The molecule has 2 nitrogen and oxygen atoms in total. The maximum Gasteiger partial charge on any atom is 0.123 e. The van der Waals surface area contributed by atoms with Crippen molar-refractivity contribution in [2.75, 3.05) is 23.9 Å². The molecule has 0 unspecified atom stereocenters. The van der Waals surface area contributed by atoms with Crippen LogP contribution in [0.2, 0.25) is 0 Å². The van der Waals surface area contributed by atoms with E-state index in [-0.39, 0.29) is 0 Å². The Morgan fingerprint density at radius 2 is 2.00 bits per heavy atom. The van der Waals surface area contributed by atoms with Crippen LogP contribution in [0, 0.1) is 13.8 Å². The third-order valence-corrected chi connectivity index (χ3v) is 3.42. The number of phenols is 1. The van der Waals surface area contributed by atoms with Crippen LogP contribution in [0.15, 0.2) is 12.1 Å². The Balaban J connectivity index is 2.45. The van der Waals surface area contributed by atoms with Crippen LogP contribution in [0.4, 0.5) is 5.69 Å². The van der Waals surface area contributed by atoms with E-state index < -0.39 is 0 Å². The van der Waals surface area contributed by atoms with Crippen LogP contribution in [0.25, 0.3) is 0 Å². The summed E-state index contributed by atoms with van der Waals surface area (Å²) in [5, 5.41) is 13.2. The molecular formula is C13H21NOS. The number of phenolic OH excluding ortho intramolecular Hbond substituents is 1. The second kappa shape index (κ2) is 6.69. The monoisotopic (exact) mass is 239 g/mol. The summed E-state index contributed by atoms with van der Waals surface area (Å²) in [7, 11) is 0. The van der Waals surface area contributed by atoms with Crippen molar-refractivity contribution in [2.45, 2.75) is 26.7 Å². The Labute approximate surface area is 102 Å². The summed E-state index contributed by atoms with van der Waals surface area (Å²) >= 11 is 1.89. The number of benzene rings is 1. The highest BCUT2D eigenvalue weighted by atomic mass is 32.2. The molecule has 0 aromatic heterocycles. The first-order valence-electron chi connectivity index (χ1n) is 5.68. The third-order valence-electron chi connectivity index (χ3n) is 2.72. The zero-order valence-corrected chi connectivity index (χ0v) is 11.2. The van der Waals surface area contributed by atoms with Crippen LogP contribution in [-0.4, -0.2) is 23.7 Å². The quantitative estimate of drug-likeness (QED) is 0.744. The molecule has 16 heavy (non-hydrogen) atoms. The number of aryl methyl sites for hydroxylation is 1. The summed E-state index contributed by atoms with van der Waals surface area (Å²) in [5.74, 6) is 1.63. The van der Waals surface area contributed by atoms with E-state index in [2.05, 4.69) is 11.6 Å². The van der Waals surface area contributed by atoms with Gasteiger partial charge in [-0.3, -0.25) is 0 Å². The average molecular weight is 239 g/mol. The molecule has 0 fully saturated rings. The Kier molecular flexibility index (Phi) is 5.53. The molecule has 0 saturated heterocycles. The highest BCUT2D eigenvalue weighted by Crippen LogP contribution is 2.27. The molecule has 0 radical (unpaired) electrons. The lowest BCUT2D eigenvalue weighted by Gasteiger charge is -2.12. The number of anilines is 1. The molecule has 0 aliphatic carbocycles. The molecule has 1 aromatic carbocycles. The zero-order valence-electron chi connectivity index (χ0n) is 10.3. The molecule has 0 heterocycles. The fourth-order valence-electron chi connectivity index (χ4n) is 1.62. The number of thioether (sulfide) groups is 1. The minimum absolute atomic E-state index is 0.411. The maximum absolute atomic E-state index is 9.78. The van der Waals surface area contributed by atoms with Crippen LogP contribution in [0.5, 0.6) is 5.75 Å². The lowest BCUT2D eigenvalue weighted by molar-refractivity contribution is 0.467. The Hall–Kier alpha value is -0.830. The van der Waals surface area contributed by atoms with E-state index in [0.29, 0.717) is 5.75 Å². The maximum atomic E-state index is 9.78. The van der Waals surface area contributed by atoms with Crippen LogP contribution in [0.3, 0.4) is 0 Å². The van der Waals surface area contributed by atoms with E-state index in [1.807, 2.05) is 37.7 Å². The molecule has 2 N–H and O–H groups in total. The predicted molar refractivity (Wildman–Crippen MR) is 73.7 cm³/mol. The number of aromatic hydroxyl groups is 1. The van der Waals surface area contributed by atoms with Gasteiger partial charge in [-0.05, 0) is 50.3 Å². The summed E-state index contributed by atoms with van der Waals surface area (Å²) in [4.78, 5) is 0. The van der Waals surface area contributed by atoms with Gasteiger partial charge >= 0.3 is 0 Å². The molecule has 0 aliphatic rings. The minimum Gasteiger partial charge on any atom is -0.507 e. The molecule has 0 aliphatic heterocycles. The van der Waals surface area contributed by atoms with Gasteiger partial charge in [0.25, 0.3) is 0 Å². The van der Waals surface area contributed by atoms with Gasteiger partial charge in [0.1, 0.15) is 5.75 Å². The molecule has 3 heteroatoms. The van der Waals surface area contributed by atoms with E-state index in [1.54, 1.807) is 0 Å². The summed E-state index contributed by atoms with van der Waals surface area (Å²) < 4.78 is 0. The van der Waals surface area contributed by atoms with Gasteiger partial charge in [0.05, 0.1) is 0 Å². The summed E-state index contributed by atoms with van der Waals surface area (Å²) in [6, 6.07) is 3.99. The topological polar surface area (TPSA) is 32.3 Å². The largest absolute Gasteiger partial charge is 0.507 e. The molecule has 1 aromatic rings. The van der Waals surface area contributed by atoms with Crippen LogP contribution >= 0.6 is 11.8 Å². The smallest absolute Gasteiger partial charge is 0.123 e. The van der Waals surface area contributed by atoms with Crippen molar-refractivity contribution in [1.29, 1.82) is 0 Å². The Morgan fingerprint density at radius 3 is 2.69 bits per heavy atom. The van der Waals surface area contributed by atoms with Crippen molar-refractivity contribution in [2.24, 2.45) is 0 Å². The van der Waals surface area contributed by atoms with Gasteiger partial charge in [0.15, 0.2) is 0 Å². The van der Waals surface area contributed by atoms with Crippen molar-refractivity contribution in [3.8, 4) is 5.75 Å². The van der Waals surface area contributed by atoms with Gasteiger partial charge in [0.2, 0.25) is 0 Å².